The summed E-state index contributed by atoms with van der Waals surface area (Å²) in [5, 5.41) is 16.5. The molecule has 1 amide bonds. The number of phenols is 1. The molecule has 6 heteroatoms. The Labute approximate surface area is 143 Å². The molecule has 1 unspecified atom stereocenters. The van der Waals surface area contributed by atoms with Gasteiger partial charge in [0.05, 0.1) is 11.8 Å². The second kappa shape index (κ2) is 6.60. The lowest BCUT2D eigenvalue weighted by Crippen LogP contribution is -2.28. The van der Waals surface area contributed by atoms with Gasteiger partial charge in [0.25, 0.3) is 5.91 Å². The molecule has 1 atom stereocenters. The van der Waals surface area contributed by atoms with Crippen LogP contribution in [0.15, 0.2) is 53.6 Å². The normalized spacial score (nSPS) is 17.2. The number of alkyl halides is 1. The van der Waals surface area contributed by atoms with Crippen LogP contribution in [0.5, 0.6) is 5.75 Å². The molecule has 0 bridgehead atoms. The van der Waals surface area contributed by atoms with Gasteiger partial charge in [-0.1, -0.05) is 41.9 Å². The van der Waals surface area contributed by atoms with E-state index in [1.807, 2.05) is 18.2 Å². The number of amides is 1. The van der Waals surface area contributed by atoms with Crippen molar-refractivity contribution >= 4 is 34.8 Å². The molecule has 3 rings (SSSR count). The van der Waals surface area contributed by atoms with Crippen molar-refractivity contribution in [1.29, 1.82) is 0 Å². The van der Waals surface area contributed by atoms with Crippen LogP contribution in [-0.4, -0.2) is 27.6 Å². The monoisotopic (exact) mass is 348 g/mol. The quantitative estimate of drug-likeness (QED) is 0.853. The first-order valence-corrected chi connectivity index (χ1v) is 8.00. The Kier molecular flexibility index (Phi) is 4.55. The van der Waals surface area contributed by atoms with E-state index in [4.69, 9.17) is 23.2 Å². The fourth-order valence-corrected chi connectivity index (χ4v) is 2.88. The Balaban J connectivity index is 1.97. The van der Waals surface area contributed by atoms with Crippen molar-refractivity contribution in [1.82, 2.24) is 5.01 Å². The van der Waals surface area contributed by atoms with E-state index in [1.54, 1.807) is 30.3 Å². The number of rotatable bonds is 3. The SMILES string of the molecule is O=C(CCl)N1N=C(c2ccc(Cl)cc2)CC1c1ccccc1O. The fraction of sp³-hybridized carbons (Fsp3) is 0.176. The second-order valence-electron chi connectivity index (χ2n) is 5.20. The minimum Gasteiger partial charge on any atom is -0.508 e. The lowest BCUT2D eigenvalue weighted by atomic mass is 9.98. The minimum absolute atomic E-state index is 0.137. The van der Waals surface area contributed by atoms with E-state index in [1.165, 1.54) is 5.01 Å². The number of hydrogen-bond acceptors (Lipinski definition) is 3. The maximum Gasteiger partial charge on any atom is 0.258 e. The third kappa shape index (κ3) is 3.19. The van der Waals surface area contributed by atoms with Crippen molar-refractivity contribution in [3.63, 3.8) is 0 Å². The lowest BCUT2D eigenvalue weighted by molar-refractivity contribution is -0.130. The molecule has 118 valence electrons. The molecular formula is C17H14Cl2N2O2. The zero-order chi connectivity index (χ0) is 16.4. The average molecular weight is 349 g/mol. The number of nitrogens with zero attached hydrogens (tertiary/aromatic N) is 2. The van der Waals surface area contributed by atoms with Crippen molar-refractivity contribution < 1.29 is 9.90 Å². The molecular weight excluding hydrogens is 335 g/mol. The van der Waals surface area contributed by atoms with Crippen LogP contribution in [0, 0.1) is 0 Å². The fourth-order valence-electron chi connectivity index (χ4n) is 2.63. The first-order chi connectivity index (χ1) is 11.1. The van der Waals surface area contributed by atoms with Crippen molar-refractivity contribution in [2.24, 2.45) is 5.10 Å². The van der Waals surface area contributed by atoms with Gasteiger partial charge in [-0.25, -0.2) is 5.01 Å². The van der Waals surface area contributed by atoms with Crippen molar-refractivity contribution in [2.75, 3.05) is 5.88 Å². The molecule has 0 saturated carbocycles. The van der Waals surface area contributed by atoms with Crippen LogP contribution in [0.25, 0.3) is 0 Å². The molecule has 2 aromatic carbocycles. The van der Waals surface area contributed by atoms with Gasteiger partial charge < -0.3 is 5.11 Å². The van der Waals surface area contributed by atoms with Crippen molar-refractivity contribution in [2.45, 2.75) is 12.5 Å². The number of para-hydroxylation sites is 1. The summed E-state index contributed by atoms with van der Waals surface area (Å²) in [5.41, 5.74) is 2.30. The van der Waals surface area contributed by atoms with Gasteiger partial charge in [-0.15, -0.1) is 11.6 Å². The van der Waals surface area contributed by atoms with E-state index in [-0.39, 0.29) is 23.6 Å². The molecule has 2 aromatic rings. The van der Waals surface area contributed by atoms with Crippen LogP contribution in [0.4, 0.5) is 0 Å². The minimum atomic E-state index is -0.367. The molecule has 4 nitrogen and oxygen atoms in total. The van der Waals surface area contributed by atoms with E-state index in [0.29, 0.717) is 17.0 Å². The van der Waals surface area contributed by atoms with E-state index < -0.39 is 0 Å². The highest BCUT2D eigenvalue weighted by Crippen LogP contribution is 2.37. The van der Waals surface area contributed by atoms with Gasteiger partial charge in [0.1, 0.15) is 11.6 Å². The molecule has 0 spiro atoms. The Bertz CT molecular complexity index is 759. The topological polar surface area (TPSA) is 52.9 Å². The second-order valence-corrected chi connectivity index (χ2v) is 5.91. The molecule has 23 heavy (non-hydrogen) atoms. The van der Waals surface area contributed by atoms with Crippen LogP contribution in [0.2, 0.25) is 5.02 Å². The summed E-state index contributed by atoms with van der Waals surface area (Å²) >= 11 is 11.6. The van der Waals surface area contributed by atoms with Crippen LogP contribution < -0.4 is 0 Å². The van der Waals surface area contributed by atoms with Crippen LogP contribution >= 0.6 is 23.2 Å². The maximum absolute atomic E-state index is 12.1. The van der Waals surface area contributed by atoms with Gasteiger partial charge >= 0.3 is 0 Å². The van der Waals surface area contributed by atoms with E-state index in [0.717, 1.165) is 11.3 Å². The summed E-state index contributed by atoms with van der Waals surface area (Å²) in [6, 6.07) is 13.8. The predicted octanol–water partition coefficient (Wildman–Crippen LogP) is 3.96. The zero-order valence-electron chi connectivity index (χ0n) is 12.1. The summed E-state index contributed by atoms with van der Waals surface area (Å²) in [5.74, 6) is -0.331. The Morgan fingerprint density at radius 2 is 1.91 bits per heavy atom. The van der Waals surface area contributed by atoms with Gasteiger partial charge in [-0.05, 0) is 23.8 Å². The summed E-state index contributed by atoms with van der Waals surface area (Å²) in [6.45, 7) is 0. The number of halogens is 2. The van der Waals surface area contributed by atoms with Gasteiger partial charge in [0.15, 0.2) is 0 Å². The number of phenolic OH excluding ortho intramolecular Hbond substituents is 1. The number of carbonyl (C=O) groups excluding carboxylic acids is 1. The molecule has 1 aliphatic heterocycles. The lowest BCUT2D eigenvalue weighted by Gasteiger charge is -2.21. The highest BCUT2D eigenvalue weighted by molar-refractivity contribution is 6.30. The first-order valence-electron chi connectivity index (χ1n) is 7.09. The number of hydrogen-bond donors (Lipinski definition) is 1. The summed E-state index contributed by atoms with van der Waals surface area (Å²) in [7, 11) is 0. The molecule has 0 fully saturated rings. The molecule has 1 N–H and O–H groups in total. The number of hydrazone groups is 1. The largest absolute Gasteiger partial charge is 0.508 e. The molecule has 0 aliphatic carbocycles. The molecule has 0 aromatic heterocycles. The van der Waals surface area contributed by atoms with Crippen LogP contribution in [-0.2, 0) is 4.79 Å². The number of aromatic hydroxyl groups is 1. The van der Waals surface area contributed by atoms with Gasteiger partial charge in [-0.3, -0.25) is 4.79 Å². The Hall–Kier alpha value is -2.04. The average Bonchev–Trinajstić information content (AvgIpc) is 3.00. The highest BCUT2D eigenvalue weighted by Gasteiger charge is 2.33. The van der Waals surface area contributed by atoms with Crippen LogP contribution in [0.1, 0.15) is 23.6 Å². The molecule has 1 aliphatic rings. The maximum atomic E-state index is 12.1. The summed E-state index contributed by atoms with van der Waals surface area (Å²) < 4.78 is 0. The Morgan fingerprint density at radius 3 is 2.57 bits per heavy atom. The molecule has 0 saturated heterocycles. The third-order valence-electron chi connectivity index (χ3n) is 3.75. The number of benzene rings is 2. The molecule has 0 radical (unpaired) electrons. The third-order valence-corrected chi connectivity index (χ3v) is 4.23. The standard InChI is InChI=1S/C17H14Cl2N2O2/c18-10-17(23)21-15(13-3-1-2-4-16(13)22)9-14(20-21)11-5-7-12(19)8-6-11/h1-8,15,22H,9-10H2. The zero-order valence-corrected chi connectivity index (χ0v) is 13.6. The number of carbonyl (C=O) groups is 1. The summed E-state index contributed by atoms with van der Waals surface area (Å²) in [4.78, 5) is 12.1. The Morgan fingerprint density at radius 1 is 1.22 bits per heavy atom. The molecule has 1 heterocycles. The van der Waals surface area contributed by atoms with Gasteiger partial charge in [0, 0.05) is 17.0 Å². The first kappa shape index (κ1) is 15.8. The predicted molar refractivity (Wildman–Crippen MR) is 91.0 cm³/mol. The van der Waals surface area contributed by atoms with E-state index in [9.17, 15) is 9.90 Å². The van der Waals surface area contributed by atoms with Crippen molar-refractivity contribution in [3.05, 3.63) is 64.7 Å². The van der Waals surface area contributed by atoms with Crippen molar-refractivity contribution in [3.8, 4) is 5.75 Å². The smallest absolute Gasteiger partial charge is 0.258 e. The van der Waals surface area contributed by atoms with E-state index >= 15 is 0 Å². The van der Waals surface area contributed by atoms with Gasteiger partial charge in [-0.2, -0.15) is 5.10 Å². The summed E-state index contributed by atoms with van der Waals surface area (Å²) in [6.07, 6.45) is 0.502. The van der Waals surface area contributed by atoms with Gasteiger partial charge in [0.2, 0.25) is 0 Å². The van der Waals surface area contributed by atoms with Crippen LogP contribution in [0.3, 0.4) is 0 Å². The van der Waals surface area contributed by atoms with E-state index in [2.05, 4.69) is 5.10 Å². The highest BCUT2D eigenvalue weighted by atomic mass is 35.5.